The second kappa shape index (κ2) is 8.32. The molecule has 1 fully saturated rings. The Kier molecular flexibility index (Phi) is 6.36. The lowest BCUT2D eigenvalue weighted by Crippen LogP contribution is -2.14. The molecule has 1 saturated carbocycles. The fourth-order valence-corrected chi connectivity index (χ4v) is 1.68. The fraction of sp³-hybridized carbons (Fsp3) is 0.714. The predicted octanol–water partition coefficient (Wildman–Crippen LogP) is 1.71. The number of methoxy groups -OCH3 is 1. The van der Waals surface area contributed by atoms with E-state index in [1.165, 1.54) is 18.4 Å². The van der Waals surface area contributed by atoms with Crippen molar-refractivity contribution in [2.24, 2.45) is 0 Å². The molecule has 1 aliphatic rings. The standard InChI is InChI=1S/C14H23NO4/c1-16-4-5-17-6-7-18-11-14-8-12(10-19-14)9-15-13-2-3-13/h8,10,13,15H,2-7,9,11H2,1H3. The van der Waals surface area contributed by atoms with Crippen LogP contribution in [0.4, 0.5) is 0 Å². The lowest BCUT2D eigenvalue weighted by atomic mass is 10.3. The van der Waals surface area contributed by atoms with Gasteiger partial charge in [-0.3, -0.25) is 0 Å². The molecular formula is C14H23NO4. The van der Waals surface area contributed by atoms with Crippen LogP contribution in [0.2, 0.25) is 0 Å². The van der Waals surface area contributed by atoms with E-state index in [1.54, 1.807) is 13.4 Å². The highest BCUT2D eigenvalue weighted by molar-refractivity contribution is 5.12. The van der Waals surface area contributed by atoms with Crippen LogP contribution >= 0.6 is 0 Å². The van der Waals surface area contributed by atoms with E-state index in [9.17, 15) is 0 Å². The number of nitrogens with one attached hydrogen (secondary N) is 1. The Bertz CT molecular complexity index is 349. The van der Waals surface area contributed by atoms with Gasteiger partial charge < -0.3 is 23.9 Å². The van der Waals surface area contributed by atoms with Crippen molar-refractivity contribution in [2.75, 3.05) is 33.5 Å². The summed E-state index contributed by atoms with van der Waals surface area (Å²) in [6.07, 6.45) is 4.40. The van der Waals surface area contributed by atoms with Crippen molar-refractivity contribution in [2.45, 2.75) is 32.0 Å². The summed E-state index contributed by atoms with van der Waals surface area (Å²) in [7, 11) is 1.66. The zero-order valence-corrected chi connectivity index (χ0v) is 11.5. The van der Waals surface area contributed by atoms with E-state index in [4.69, 9.17) is 18.6 Å². The number of ether oxygens (including phenoxy) is 3. The molecule has 0 aliphatic heterocycles. The summed E-state index contributed by atoms with van der Waals surface area (Å²) in [5.74, 6) is 0.865. The van der Waals surface area contributed by atoms with E-state index < -0.39 is 0 Å². The molecule has 1 aromatic heterocycles. The lowest BCUT2D eigenvalue weighted by Gasteiger charge is -2.03. The van der Waals surface area contributed by atoms with E-state index in [2.05, 4.69) is 5.32 Å². The van der Waals surface area contributed by atoms with Gasteiger partial charge >= 0.3 is 0 Å². The van der Waals surface area contributed by atoms with Crippen molar-refractivity contribution in [1.29, 1.82) is 0 Å². The second-order valence-corrected chi connectivity index (χ2v) is 4.73. The average Bonchev–Trinajstić information content (AvgIpc) is 3.15. The van der Waals surface area contributed by atoms with E-state index >= 15 is 0 Å². The Morgan fingerprint density at radius 1 is 1.21 bits per heavy atom. The fourth-order valence-electron chi connectivity index (χ4n) is 1.68. The maximum atomic E-state index is 5.47. The SMILES string of the molecule is COCCOCCOCc1cc(CNC2CC2)co1. The molecule has 0 unspecified atom stereocenters. The minimum absolute atomic E-state index is 0.497. The molecule has 0 bridgehead atoms. The maximum Gasteiger partial charge on any atom is 0.129 e. The molecule has 0 saturated heterocycles. The minimum atomic E-state index is 0.497. The van der Waals surface area contributed by atoms with Gasteiger partial charge in [0.1, 0.15) is 12.4 Å². The molecule has 1 aliphatic carbocycles. The van der Waals surface area contributed by atoms with Gasteiger partial charge in [0.15, 0.2) is 0 Å². The smallest absolute Gasteiger partial charge is 0.129 e. The summed E-state index contributed by atoms with van der Waals surface area (Å²) < 4.78 is 21.1. The molecular weight excluding hydrogens is 246 g/mol. The van der Waals surface area contributed by atoms with Gasteiger partial charge in [0.2, 0.25) is 0 Å². The first kappa shape index (κ1) is 14.5. The number of hydrogen-bond acceptors (Lipinski definition) is 5. The van der Waals surface area contributed by atoms with Crippen LogP contribution in [0.5, 0.6) is 0 Å². The van der Waals surface area contributed by atoms with E-state index in [1.807, 2.05) is 6.07 Å². The average molecular weight is 269 g/mol. The first-order valence-corrected chi connectivity index (χ1v) is 6.82. The van der Waals surface area contributed by atoms with Gasteiger partial charge in [-0.1, -0.05) is 0 Å². The van der Waals surface area contributed by atoms with E-state index in [0.717, 1.165) is 18.3 Å². The number of furan rings is 1. The van der Waals surface area contributed by atoms with Crippen LogP contribution < -0.4 is 5.32 Å². The molecule has 1 N–H and O–H groups in total. The highest BCUT2D eigenvalue weighted by atomic mass is 16.5. The first-order valence-electron chi connectivity index (χ1n) is 6.82. The summed E-state index contributed by atoms with van der Waals surface area (Å²) in [6, 6.07) is 2.76. The van der Waals surface area contributed by atoms with Crippen LogP contribution in [-0.4, -0.2) is 39.6 Å². The molecule has 108 valence electrons. The zero-order chi connectivity index (χ0) is 13.3. The molecule has 0 spiro atoms. The van der Waals surface area contributed by atoms with Gasteiger partial charge in [-0.05, 0) is 18.9 Å². The van der Waals surface area contributed by atoms with Crippen LogP contribution in [0.1, 0.15) is 24.2 Å². The molecule has 0 radical (unpaired) electrons. The zero-order valence-electron chi connectivity index (χ0n) is 11.5. The van der Waals surface area contributed by atoms with Crippen molar-refractivity contribution in [3.05, 3.63) is 23.7 Å². The minimum Gasteiger partial charge on any atom is -0.467 e. The van der Waals surface area contributed by atoms with Gasteiger partial charge in [-0.25, -0.2) is 0 Å². The van der Waals surface area contributed by atoms with Crippen LogP contribution in [-0.2, 0) is 27.4 Å². The predicted molar refractivity (Wildman–Crippen MR) is 70.9 cm³/mol. The van der Waals surface area contributed by atoms with Crippen molar-refractivity contribution < 1.29 is 18.6 Å². The Morgan fingerprint density at radius 3 is 2.79 bits per heavy atom. The molecule has 0 atom stereocenters. The van der Waals surface area contributed by atoms with Crippen LogP contribution in [0.15, 0.2) is 16.7 Å². The Labute approximate surface area is 114 Å². The Morgan fingerprint density at radius 2 is 2.00 bits per heavy atom. The topological polar surface area (TPSA) is 52.9 Å². The third-order valence-electron chi connectivity index (χ3n) is 2.93. The summed E-state index contributed by atoms with van der Waals surface area (Å²) in [5.41, 5.74) is 1.18. The van der Waals surface area contributed by atoms with Crippen molar-refractivity contribution >= 4 is 0 Å². The molecule has 1 aromatic rings. The monoisotopic (exact) mass is 269 g/mol. The quantitative estimate of drug-likeness (QED) is 0.620. The molecule has 0 aromatic carbocycles. The van der Waals surface area contributed by atoms with E-state index in [0.29, 0.717) is 33.0 Å². The van der Waals surface area contributed by atoms with E-state index in [-0.39, 0.29) is 0 Å². The molecule has 5 heteroatoms. The van der Waals surface area contributed by atoms with Gasteiger partial charge in [0.05, 0.1) is 32.7 Å². The Balaban J connectivity index is 1.50. The molecule has 0 amide bonds. The molecule has 19 heavy (non-hydrogen) atoms. The third kappa shape index (κ3) is 6.20. The largest absolute Gasteiger partial charge is 0.467 e. The van der Waals surface area contributed by atoms with Crippen molar-refractivity contribution in [3.63, 3.8) is 0 Å². The highest BCUT2D eigenvalue weighted by Crippen LogP contribution is 2.19. The van der Waals surface area contributed by atoms with Crippen LogP contribution in [0.3, 0.4) is 0 Å². The summed E-state index contributed by atoms with van der Waals surface area (Å²) in [5, 5.41) is 3.45. The summed E-state index contributed by atoms with van der Waals surface area (Å²) in [4.78, 5) is 0. The van der Waals surface area contributed by atoms with Gasteiger partial charge in [-0.2, -0.15) is 0 Å². The van der Waals surface area contributed by atoms with Gasteiger partial charge in [0, 0.05) is 25.3 Å². The second-order valence-electron chi connectivity index (χ2n) is 4.73. The lowest BCUT2D eigenvalue weighted by molar-refractivity contribution is 0.0162. The van der Waals surface area contributed by atoms with Gasteiger partial charge in [0.25, 0.3) is 0 Å². The third-order valence-corrected chi connectivity index (χ3v) is 2.93. The molecule has 5 nitrogen and oxygen atoms in total. The maximum absolute atomic E-state index is 5.47. The number of hydrogen-bond donors (Lipinski definition) is 1. The van der Waals surface area contributed by atoms with Crippen molar-refractivity contribution in [1.82, 2.24) is 5.32 Å². The number of rotatable bonds is 11. The van der Waals surface area contributed by atoms with Gasteiger partial charge in [-0.15, -0.1) is 0 Å². The summed E-state index contributed by atoms with van der Waals surface area (Å²) >= 11 is 0. The first-order chi connectivity index (χ1) is 9.38. The normalized spacial score (nSPS) is 15.0. The highest BCUT2D eigenvalue weighted by Gasteiger charge is 2.20. The van der Waals surface area contributed by atoms with Crippen LogP contribution in [0.25, 0.3) is 0 Å². The molecule has 2 rings (SSSR count). The van der Waals surface area contributed by atoms with Crippen LogP contribution in [0, 0.1) is 0 Å². The Hall–Kier alpha value is -0.880. The van der Waals surface area contributed by atoms with Crippen molar-refractivity contribution in [3.8, 4) is 0 Å². The summed E-state index contributed by atoms with van der Waals surface area (Å²) in [6.45, 7) is 3.76. The molecule has 1 heterocycles.